The van der Waals surface area contributed by atoms with E-state index in [0.717, 1.165) is 0 Å². The molecule has 6 heteroatoms. The van der Waals surface area contributed by atoms with Crippen LogP contribution in [0.2, 0.25) is 5.15 Å². The molecule has 2 aromatic rings. The van der Waals surface area contributed by atoms with Gasteiger partial charge in [0.1, 0.15) is 10.8 Å². The lowest BCUT2D eigenvalue weighted by Crippen LogP contribution is -2.04. The largest absolute Gasteiger partial charge is 0.306 e. The average Bonchev–Trinajstić information content (AvgIpc) is 2.16. The summed E-state index contributed by atoms with van der Waals surface area (Å²) in [6, 6.07) is 3.01. The first-order valence-corrected chi connectivity index (χ1v) is 5.41. The van der Waals surface area contributed by atoms with Gasteiger partial charge in [-0.15, -0.1) is 0 Å². The van der Waals surface area contributed by atoms with Gasteiger partial charge in [0, 0.05) is 6.07 Å². The highest BCUT2D eigenvalue weighted by molar-refractivity contribution is 7.98. The Balaban J connectivity index is 2.83. The van der Waals surface area contributed by atoms with Crippen molar-refractivity contribution in [2.24, 2.45) is 0 Å². The van der Waals surface area contributed by atoms with Crippen LogP contribution in [0.5, 0.6) is 0 Å². The molecule has 0 aromatic carbocycles. The van der Waals surface area contributed by atoms with Crippen LogP contribution >= 0.6 is 23.4 Å². The highest BCUT2D eigenvalue weighted by atomic mass is 35.5. The van der Waals surface area contributed by atoms with Gasteiger partial charge in [-0.2, -0.15) is 0 Å². The molecular formula is C8H6ClN3OS. The maximum atomic E-state index is 11.0. The molecule has 14 heavy (non-hydrogen) atoms. The summed E-state index contributed by atoms with van der Waals surface area (Å²) in [5.41, 5.74) is 0.279. The molecule has 2 aromatic heterocycles. The van der Waals surface area contributed by atoms with Crippen molar-refractivity contribution in [2.75, 3.05) is 6.26 Å². The maximum absolute atomic E-state index is 11.0. The Morgan fingerprint density at radius 3 is 2.93 bits per heavy atom. The van der Waals surface area contributed by atoms with E-state index < -0.39 is 0 Å². The van der Waals surface area contributed by atoms with E-state index in [9.17, 15) is 4.79 Å². The third-order valence-corrected chi connectivity index (χ3v) is 2.54. The molecule has 0 amide bonds. The number of thioether (sulfide) groups is 1. The number of H-pyrrole nitrogens is 1. The molecule has 0 saturated heterocycles. The second kappa shape index (κ2) is 3.59. The summed E-state index contributed by atoms with van der Waals surface area (Å²) in [4.78, 5) is 21.8. The van der Waals surface area contributed by atoms with Crippen LogP contribution in [0.25, 0.3) is 11.0 Å². The van der Waals surface area contributed by atoms with Crippen LogP contribution < -0.4 is 5.56 Å². The predicted octanol–water partition coefficient (Wildman–Crippen LogP) is 1.69. The number of nitrogens with one attached hydrogen (secondary N) is 1. The quantitative estimate of drug-likeness (QED) is 0.458. The average molecular weight is 228 g/mol. The summed E-state index contributed by atoms with van der Waals surface area (Å²) in [6.45, 7) is 0. The minimum atomic E-state index is -0.195. The fourth-order valence-corrected chi connectivity index (χ4v) is 1.72. The molecule has 0 bridgehead atoms. The molecule has 0 unspecified atom stereocenters. The van der Waals surface area contributed by atoms with E-state index >= 15 is 0 Å². The first-order valence-electron chi connectivity index (χ1n) is 3.81. The second-order valence-corrected chi connectivity index (χ2v) is 3.72. The minimum Gasteiger partial charge on any atom is -0.306 e. The molecule has 0 aliphatic carbocycles. The number of halogens is 1. The smallest absolute Gasteiger partial charge is 0.249 e. The Hall–Kier alpha value is -1.07. The Kier molecular flexibility index (Phi) is 2.43. The molecule has 0 saturated carbocycles. The van der Waals surface area contributed by atoms with Gasteiger partial charge in [-0.25, -0.2) is 9.97 Å². The molecule has 1 N–H and O–H groups in total. The van der Waals surface area contributed by atoms with Crippen molar-refractivity contribution in [3.05, 3.63) is 27.6 Å². The van der Waals surface area contributed by atoms with Gasteiger partial charge in [-0.3, -0.25) is 4.79 Å². The van der Waals surface area contributed by atoms with Gasteiger partial charge < -0.3 is 4.98 Å². The van der Waals surface area contributed by atoms with Gasteiger partial charge >= 0.3 is 0 Å². The second-order valence-electron chi connectivity index (χ2n) is 2.59. The van der Waals surface area contributed by atoms with E-state index in [-0.39, 0.29) is 5.56 Å². The monoisotopic (exact) mass is 227 g/mol. The van der Waals surface area contributed by atoms with E-state index in [1.165, 1.54) is 17.8 Å². The van der Waals surface area contributed by atoms with E-state index in [0.29, 0.717) is 21.3 Å². The third kappa shape index (κ3) is 1.60. The lowest BCUT2D eigenvalue weighted by molar-refractivity contribution is 0.988. The Morgan fingerprint density at radius 1 is 1.43 bits per heavy atom. The molecule has 0 spiro atoms. The summed E-state index contributed by atoms with van der Waals surface area (Å²) < 4.78 is 0. The predicted molar refractivity (Wildman–Crippen MR) is 56.9 cm³/mol. The highest BCUT2D eigenvalue weighted by Gasteiger charge is 2.05. The lowest BCUT2D eigenvalue weighted by atomic mass is 10.3. The van der Waals surface area contributed by atoms with E-state index in [2.05, 4.69) is 15.0 Å². The van der Waals surface area contributed by atoms with Crippen LogP contribution in [0.15, 0.2) is 22.1 Å². The number of rotatable bonds is 1. The number of aromatic amines is 1. The van der Waals surface area contributed by atoms with Crippen LogP contribution in [0, 0.1) is 0 Å². The molecule has 4 nitrogen and oxygen atoms in total. The number of aromatic nitrogens is 3. The van der Waals surface area contributed by atoms with Crippen LogP contribution in [0.4, 0.5) is 0 Å². The Labute approximate surface area is 88.7 Å². The number of nitrogens with zero attached hydrogens (tertiary/aromatic N) is 2. The van der Waals surface area contributed by atoms with Crippen LogP contribution in [-0.2, 0) is 0 Å². The normalized spacial score (nSPS) is 10.7. The summed E-state index contributed by atoms with van der Waals surface area (Å²) in [7, 11) is 0. The minimum absolute atomic E-state index is 0.195. The summed E-state index contributed by atoms with van der Waals surface area (Å²) in [5, 5.41) is 1.56. The first-order chi connectivity index (χ1) is 6.70. The molecular weight excluding hydrogens is 222 g/mol. The van der Waals surface area contributed by atoms with Crippen molar-refractivity contribution in [1.29, 1.82) is 0 Å². The third-order valence-electron chi connectivity index (χ3n) is 1.70. The summed E-state index contributed by atoms with van der Waals surface area (Å²) >= 11 is 7.28. The fraction of sp³-hybridized carbons (Fsp3) is 0.125. The van der Waals surface area contributed by atoms with Crippen molar-refractivity contribution in [2.45, 2.75) is 5.16 Å². The van der Waals surface area contributed by atoms with Crippen molar-refractivity contribution < 1.29 is 0 Å². The number of hydrogen-bond donors (Lipinski definition) is 1. The van der Waals surface area contributed by atoms with Gasteiger partial charge in [0.15, 0.2) is 5.16 Å². The van der Waals surface area contributed by atoms with Crippen molar-refractivity contribution in [1.82, 2.24) is 15.0 Å². The van der Waals surface area contributed by atoms with Crippen LogP contribution in [-0.4, -0.2) is 21.2 Å². The molecule has 0 radical (unpaired) electrons. The fourth-order valence-electron chi connectivity index (χ4n) is 1.07. The molecule has 0 aliphatic heterocycles. The number of hydrogen-bond acceptors (Lipinski definition) is 4. The van der Waals surface area contributed by atoms with Gasteiger partial charge in [0.05, 0.1) is 5.39 Å². The molecule has 0 fully saturated rings. The number of fused-ring (bicyclic) bond motifs is 1. The SMILES string of the molecule is CSc1nc(Cl)c2ccc(=O)[nH]c2n1. The Morgan fingerprint density at radius 2 is 2.21 bits per heavy atom. The molecule has 2 rings (SSSR count). The molecule has 0 aliphatic rings. The highest BCUT2D eigenvalue weighted by Crippen LogP contribution is 2.20. The van der Waals surface area contributed by atoms with Crippen molar-refractivity contribution >= 4 is 34.4 Å². The van der Waals surface area contributed by atoms with Crippen molar-refractivity contribution in [3.63, 3.8) is 0 Å². The lowest BCUT2D eigenvalue weighted by Gasteiger charge is -2.00. The van der Waals surface area contributed by atoms with Gasteiger partial charge in [0.25, 0.3) is 0 Å². The molecule has 72 valence electrons. The zero-order chi connectivity index (χ0) is 10.1. The van der Waals surface area contributed by atoms with Gasteiger partial charge in [-0.05, 0) is 12.3 Å². The summed E-state index contributed by atoms with van der Waals surface area (Å²) in [5.74, 6) is 0. The zero-order valence-electron chi connectivity index (χ0n) is 7.24. The van der Waals surface area contributed by atoms with Gasteiger partial charge in [0.2, 0.25) is 5.56 Å². The zero-order valence-corrected chi connectivity index (χ0v) is 8.82. The van der Waals surface area contributed by atoms with E-state index in [1.54, 1.807) is 6.07 Å². The number of pyridine rings is 1. The molecule has 0 atom stereocenters. The topological polar surface area (TPSA) is 58.6 Å². The summed E-state index contributed by atoms with van der Waals surface area (Å²) in [6.07, 6.45) is 1.85. The van der Waals surface area contributed by atoms with Gasteiger partial charge in [-0.1, -0.05) is 23.4 Å². The van der Waals surface area contributed by atoms with Crippen LogP contribution in [0.1, 0.15) is 0 Å². The maximum Gasteiger partial charge on any atom is 0.249 e. The molecule has 2 heterocycles. The van der Waals surface area contributed by atoms with Crippen molar-refractivity contribution in [3.8, 4) is 0 Å². The standard InChI is InChI=1S/C8H6ClN3OS/c1-14-8-11-6(9)4-2-3-5(13)10-7(4)12-8/h2-3H,1H3,(H,10,11,12,13). The first kappa shape index (κ1) is 9.48. The van der Waals surface area contributed by atoms with E-state index in [1.807, 2.05) is 6.26 Å². The van der Waals surface area contributed by atoms with Crippen LogP contribution in [0.3, 0.4) is 0 Å². The Bertz CT molecular complexity index is 540. The van der Waals surface area contributed by atoms with E-state index in [4.69, 9.17) is 11.6 Å².